The maximum Gasteiger partial charge on any atom is 0.0408 e. The van der Waals surface area contributed by atoms with Crippen LogP contribution in [0, 0.1) is 24.2 Å². The van der Waals surface area contributed by atoms with Gasteiger partial charge in [0.15, 0.2) is 0 Å². The summed E-state index contributed by atoms with van der Waals surface area (Å²) in [6.45, 7) is 1.85. The summed E-state index contributed by atoms with van der Waals surface area (Å²) < 4.78 is 0. The van der Waals surface area contributed by atoms with E-state index in [1.54, 1.807) is 0 Å². The zero-order chi connectivity index (χ0) is 17.0. The minimum absolute atomic E-state index is 0.902. The van der Waals surface area contributed by atoms with Crippen molar-refractivity contribution in [3.8, 4) is 46.4 Å². The second-order valence-electron chi connectivity index (χ2n) is 6.75. The number of terminal acetylenes is 1. The lowest BCUT2D eigenvalue weighted by Crippen LogP contribution is -1.89. The average molecular weight is 316 g/mol. The highest BCUT2D eigenvalue weighted by Crippen LogP contribution is 2.45. The van der Waals surface area contributed by atoms with Crippen LogP contribution in [0.25, 0.3) is 22.3 Å². The van der Waals surface area contributed by atoms with Gasteiger partial charge in [0.2, 0.25) is 0 Å². The third kappa shape index (κ3) is 1.98. The highest BCUT2D eigenvalue weighted by atomic mass is 14.3. The molecule has 25 heavy (non-hydrogen) atoms. The molecule has 0 unspecified atom stereocenters. The topological polar surface area (TPSA) is 0 Å². The van der Waals surface area contributed by atoms with E-state index in [2.05, 4.69) is 66.3 Å². The van der Waals surface area contributed by atoms with Crippen molar-refractivity contribution in [3.05, 3.63) is 81.9 Å². The lowest BCUT2D eigenvalue weighted by molar-refractivity contribution is 1.21. The lowest BCUT2D eigenvalue weighted by atomic mass is 9.96. The highest BCUT2D eigenvalue weighted by molar-refractivity contribution is 5.87. The Morgan fingerprint density at radius 1 is 0.720 bits per heavy atom. The standard InChI is InChI=1S/C25H16/c1-3-7-17-14-23-19(10-16(17)4-2)12-21-13-20-11-18-8-5-6-9-22(18)24(20)15-25(21)23/h2,5-6,8-10,13-15H,11-12H2,1H3. The summed E-state index contributed by atoms with van der Waals surface area (Å²) in [5, 5.41) is 0. The lowest BCUT2D eigenvalue weighted by Gasteiger charge is -2.07. The number of rotatable bonds is 0. The van der Waals surface area contributed by atoms with Crippen LogP contribution in [0.3, 0.4) is 0 Å². The van der Waals surface area contributed by atoms with Crippen molar-refractivity contribution in [3.63, 3.8) is 0 Å². The summed E-state index contributed by atoms with van der Waals surface area (Å²) in [4.78, 5) is 0. The van der Waals surface area contributed by atoms with E-state index in [9.17, 15) is 0 Å². The summed E-state index contributed by atoms with van der Waals surface area (Å²) in [6, 6.07) is 17.8. The molecule has 0 bridgehead atoms. The van der Waals surface area contributed by atoms with Gasteiger partial charge in [-0.25, -0.2) is 0 Å². The quantitative estimate of drug-likeness (QED) is 0.345. The molecule has 0 heteroatoms. The molecule has 0 N–H and O–H groups in total. The summed E-state index contributed by atoms with van der Waals surface area (Å²) in [5.41, 5.74) is 12.9. The van der Waals surface area contributed by atoms with Crippen molar-refractivity contribution in [1.29, 1.82) is 0 Å². The van der Waals surface area contributed by atoms with Gasteiger partial charge in [0.05, 0.1) is 0 Å². The van der Waals surface area contributed by atoms with Crippen LogP contribution in [0.15, 0.2) is 48.5 Å². The van der Waals surface area contributed by atoms with Gasteiger partial charge in [-0.1, -0.05) is 42.2 Å². The van der Waals surface area contributed by atoms with Gasteiger partial charge in [0.25, 0.3) is 0 Å². The molecule has 0 heterocycles. The largest absolute Gasteiger partial charge is 0.115 e. The van der Waals surface area contributed by atoms with Crippen LogP contribution in [0.5, 0.6) is 0 Å². The first kappa shape index (κ1) is 14.2. The van der Waals surface area contributed by atoms with E-state index in [0.29, 0.717) is 0 Å². The molecule has 0 atom stereocenters. The fraction of sp³-hybridized carbons (Fsp3) is 0.120. The maximum atomic E-state index is 5.69. The van der Waals surface area contributed by atoms with Crippen LogP contribution >= 0.6 is 0 Å². The first-order valence-corrected chi connectivity index (χ1v) is 8.59. The van der Waals surface area contributed by atoms with Gasteiger partial charge in [-0.2, -0.15) is 0 Å². The Bertz CT molecular complexity index is 1160. The van der Waals surface area contributed by atoms with E-state index in [-0.39, 0.29) is 0 Å². The van der Waals surface area contributed by atoms with Crippen LogP contribution < -0.4 is 0 Å². The minimum Gasteiger partial charge on any atom is -0.115 e. The van der Waals surface area contributed by atoms with Crippen LogP contribution in [0.2, 0.25) is 0 Å². The second-order valence-corrected chi connectivity index (χ2v) is 6.75. The molecule has 5 rings (SSSR count). The molecule has 0 fully saturated rings. The van der Waals surface area contributed by atoms with Gasteiger partial charge < -0.3 is 0 Å². The minimum atomic E-state index is 0.902. The van der Waals surface area contributed by atoms with Gasteiger partial charge >= 0.3 is 0 Å². The predicted octanol–water partition coefficient (Wildman–Crippen LogP) is 5.18. The fourth-order valence-electron chi connectivity index (χ4n) is 4.24. The van der Waals surface area contributed by atoms with Crippen molar-refractivity contribution < 1.29 is 0 Å². The molecule has 0 saturated carbocycles. The zero-order valence-electron chi connectivity index (χ0n) is 14.1. The first-order valence-electron chi connectivity index (χ1n) is 8.59. The molecule has 0 radical (unpaired) electrons. The van der Waals surface area contributed by atoms with Gasteiger partial charge in [-0.05, 0) is 82.5 Å². The third-order valence-corrected chi connectivity index (χ3v) is 5.35. The molecule has 0 aromatic heterocycles. The molecule has 116 valence electrons. The molecular formula is C25H16. The first-order chi connectivity index (χ1) is 12.3. The van der Waals surface area contributed by atoms with E-state index >= 15 is 0 Å². The molecule has 2 aliphatic carbocycles. The van der Waals surface area contributed by atoms with E-state index in [0.717, 1.165) is 24.0 Å². The molecular weight excluding hydrogens is 300 g/mol. The van der Waals surface area contributed by atoms with Crippen molar-refractivity contribution >= 4 is 0 Å². The van der Waals surface area contributed by atoms with Crippen molar-refractivity contribution in [2.45, 2.75) is 19.8 Å². The van der Waals surface area contributed by atoms with Crippen molar-refractivity contribution in [2.24, 2.45) is 0 Å². The summed E-state index contributed by atoms with van der Waals surface area (Å²) in [5.74, 6) is 8.94. The van der Waals surface area contributed by atoms with Crippen LogP contribution in [0.4, 0.5) is 0 Å². The maximum absolute atomic E-state index is 5.69. The SMILES string of the molecule is C#Cc1cc2c(cc1C#CC)-c1cc3c(cc1C2)Cc1ccccc1-3. The molecule has 3 aromatic carbocycles. The Balaban J connectivity index is 1.73. The van der Waals surface area contributed by atoms with Gasteiger partial charge in [0.1, 0.15) is 0 Å². The van der Waals surface area contributed by atoms with E-state index in [1.165, 1.54) is 44.5 Å². The molecule has 3 aromatic rings. The zero-order valence-corrected chi connectivity index (χ0v) is 14.1. The number of benzene rings is 3. The Morgan fingerprint density at radius 2 is 1.40 bits per heavy atom. The molecule has 2 aliphatic rings. The second kappa shape index (κ2) is 5.14. The highest BCUT2D eigenvalue weighted by Gasteiger charge is 2.25. The number of hydrogen-bond donors (Lipinski definition) is 0. The summed E-state index contributed by atoms with van der Waals surface area (Å²) in [6.07, 6.45) is 7.69. The van der Waals surface area contributed by atoms with E-state index in [1.807, 2.05) is 6.92 Å². The van der Waals surface area contributed by atoms with Crippen molar-refractivity contribution in [2.75, 3.05) is 0 Å². The third-order valence-electron chi connectivity index (χ3n) is 5.35. The van der Waals surface area contributed by atoms with Crippen LogP contribution in [0.1, 0.15) is 40.3 Å². The van der Waals surface area contributed by atoms with Crippen molar-refractivity contribution in [1.82, 2.24) is 0 Å². The Morgan fingerprint density at radius 3 is 2.20 bits per heavy atom. The van der Waals surface area contributed by atoms with Crippen LogP contribution in [-0.2, 0) is 12.8 Å². The fourth-order valence-corrected chi connectivity index (χ4v) is 4.24. The summed E-state index contributed by atoms with van der Waals surface area (Å²) >= 11 is 0. The molecule has 0 amide bonds. The van der Waals surface area contributed by atoms with Gasteiger partial charge in [-0.3, -0.25) is 0 Å². The average Bonchev–Trinajstić information content (AvgIpc) is 3.16. The Labute approximate surface area is 148 Å². The normalized spacial score (nSPS) is 12.3. The predicted molar refractivity (Wildman–Crippen MR) is 103 cm³/mol. The number of hydrogen-bond acceptors (Lipinski definition) is 0. The monoisotopic (exact) mass is 316 g/mol. The Hall–Kier alpha value is -3.22. The molecule has 0 nitrogen and oxygen atoms in total. The molecule has 0 spiro atoms. The molecule has 0 saturated heterocycles. The van der Waals surface area contributed by atoms with Crippen LogP contribution in [-0.4, -0.2) is 0 Å². The molecule has 0 aliphatic heterocycles. The van der Waals surface area contributed by atoms with Gasteiger partial charge in [0, 0.05) is 11.1 Å². The summed E-state index contributed by atoms with van der Waals surface area (Å²) in [7, 11) is 0. The van der Waals surface area contributed by atoms with Gasteiger partial charge in [-0.15, -0.1) is 12.3 Å². The van der Waals surface area contributed by atoms with E-state index < -0.39 is 0 Å². The smallest absolute Gasteiger partial charge is 0.0408 e. The Kier molecular flexibility index (Phi) is 2.91. The van der Waals surface area contributed by atoms with E-state index in [4.69, 9.17) is 6.42 Å². The number of fused-ring (bicyclic) bond motifs is 6.